The number of hydrogen-bond donors (Lipinski definition) is 3. The van der Waals surface area contributed by atoms with Gasteiger partial charge in [0.2, 0.25) is 0 Å². The molecule has 5 nitrogen and oxygen atoms in total. The first-order valence-electron chi connectivity index (χ1n) is 6.53. The molecule has 0 heterocycles. The van der Waals surface area contributed by atoms with Crippen molar-refractivity contribution in [2.45, 2.75) is 25.9 Å². The third-order valence-electron chi connectivity index (χ3n) is 2.77. The highest BCUT2D eigenvalue weighted by Gasteiger charge is 2.06. The van der Waals surface area contributed by atoms with Gasteiger partial charge in [0.15, 0.2) is 5.96 Å². The summed E-state index contributed by atoms with van der Waals surface area (Å²) in [5, 5.41) is 13.0. The Balaban J connectivity index is 2.44. The summed E-state index contributed by atoms with van der Waals surface area (Å²) in [4.78, 5) is 4.12. The Hall–Kier alpha value is -1.75. The number of aliphatic hydroxyl groups is 1. The van der Waals surface area contributed by atoms with Crippen LogP contribution in [0.5, 0.6) is 5.75 Å². The van der Waals surface area contributed by atoms with Gasteiger partial charge in [-0.3, -0.25) is 4.99 Å². The number of hydrogen-bond acceptors (Lipinski definition) is 3. The van der Waals surface area contributed by atoms with E-state index in [1.54, 1.807) is 7.11 Å². The molecule has 0 fully saturated rings. The molecule has 1 atom stereocenters. The van der Waals surface area contributed by atoms with Crippen LogP contribution in [0.2, 0.25) is 0 Å². The molecular weight excluding hydrogens is 242 g/mol. The molecule has 19 heavy (non-hydrogen) atoms. The van der Waals surface area contributed by atoms with Crippen molar-refractivity contribution >= 4 is 5.96 Å². The second-order valence-electron chi connectivity index (χ2n) is 4.30. The first-order chi connectivity index (χ1) is 9.17. The van der Waals surface area contributed by atoms with Crippen molar-refractivity contribution < 1.29 is 9.84 Å². The Kier molecular flexibility index (Phi) is 6.74. The Morgan fingerprint density at radius 1 is 1.42 bits per heavy atom. The topological polar surface area (TPSA) is 79.9 Å². The summed E-state index contributed by atoms with van der Waals surface area (Å²) in [6.07, 6.45) is 1.50. The summed E-state index contributed by atoms with van der Waals surface area (Å²) < 4.78 is 5.06. The highest BCUT2D eigenvalue weighted by molar-refractivity contribution is 5.77. The van der Waals surface area contributed by atoms with E-state index < -0.39 is 6.10 Å². The summed E-state index contributed by atoms with van der Waals surface area (Å²) in [6.45, 7) is 3.17. The minimum absolute atomic E-state index is 0.247. The Morgan fingerprint density at radius 3 is 2.68 bits per heavy atom. The fraction of sp³-hybridized carbons (Fsp3) is 0.500. The van der Waals surface area contributed by atoms with E-state index in [1.165, 1.54) is 0 Å². The maximum atomic E-state index is 9.97. The van der Waals surface area contributed by atoms with Gasteiger partial charge >= 0.3 is 0 Å². The van der Waals surface area contributed by atoms with E-state index in [2.05, 4.69) is 17.2 Å². The monoisotopic (exact) mass is 265 g/mol. The van der Waals surface area contributed by atoms with Gasteiger partial charge in [-0.05, 0) is 24.1 Å². The second-order valence-corrected chi connectivity index (χ2v) is 4.30. The standard InChI is InChI=1S/C14H23N3O2/c1-3-4-9-16-14(15)17-10-13(18)11-5-7-12(19-2)8-6-11/h5-8,13,18H,3-4,9-10H2,1-2H3,(H3,15,16,17). The number of nitrogens with two attached hydrogens (primary N) is 1. The molecule has 0 bridgehead atoms. The largest absolute Gasteiger partial charge is 0.497 e. The van der Waals surface area contributed by atoms with E-state index in [0.29, 0.717) is 5.96 Å². The molecular formula is C14H23N3O2. The summed E-state index contributed by atoms with van der Waals surface area (Å²) in [5.41, 5.74) is 6.49. The number of methoxy groups -OCH3 is 1. The van der Waals surface area contributed by atoms with Crippen LogP contribution < -0.4 is 15.8 Å². The summed E-state index contributed by atoms with van der Waals surface area (Å²) in [7, 11) is 1.61. The third-order valence-corrected chi connectivity index (χ3v) is 2.77. The molecule has 1 aromatic rings. The molecule has 1 rings (SSSR count). The van der Waals surface area contributed by atoms with Crippen molar-refractivity contribution in [3.8, 4) is 5.75 Å². The maximum absolute atomic E-state index is 9.97. The quantitative estimate of drug-likeness (QED) is 0.396. The van der Waals surface area contributed by atoms with Crippen LogP contribution in [0.15, 0.2) is 29.3 Å². The molecule has 106 valence electrons. The lowest BCUT2D eigenvalue weighted by Crippen LogP contribution is -2.32. The van der Waals surface area contributed by atoms with Crippen molar-refractivity contribution in [1.29, 1.82) is 0 Å². The molecule has 1 unspecified atom stereocenters. The number of rotatable bonds is 7. The van der Waals surface area contributed by atoms with E-state index in [0.717, 1.165) is 30.7 Å². The van der Waals surface area contributed by atoms with Crippen LogP contribution in [0.3, 0.4) is 0 Å². The molecule has 0 amide bonds. The van der Waals surface area contributed by atoms with Crippen molar-refractivity contribution in [2.75, 3.05) is 20.2 Å². The van der Waals surface area contributed by atoms with Gasteiger partial charge in [-0.15, -0.1) is 0 Å². The molecule has 0 radical (unpaired) electrons. The number of ether oxygens (including phenoxy) is 1. The molecule has 0 aromatic heterocycles. The van der Waals surface area contributed by atoms with E-state index in [4.69, 9.17) is 10.5 Å². The van der Waals surface area contributed by atoms with Crippen LogP contribution in [0.25, 0.3) is 0 Å². The van der Waals surface area contributed by atoms with E-state index >= 15 is 0 Å². The molecule has 0 aliphatic carbocycles. The maximum Gasteiger partial charge on any atom is 0.188 e. The lowest BCUT2D eigenvalue weighted by Gasteiger charge is -2.10. The van der Waals surface area contributed by atoms with Gasteiger partial charge < -0.3 is 20.9 Å². The van der Waals surface area contributed by atoms with Crippen molar-refractivity contribution in [2.24, 2.45) is 10.7 Å². The van der Waals surface area contributed by atoms with Crippen LogP contribution in [0, 0.1) is 0 Å². The summed E-state index contributed by atoms with van der Waals surface area (Å²) in [6, 6.07) is 7.26. The Labute approximate surface area is 114 Å². The minimum atomic E-state index is -0.655. The highest BCUT2D eigenvalue weighted by Crippen LogP contribution is 2.17. The van der Waals surface area contributed by atoms with Crippen molar-refractivity contribution in [3.05, 3.63) is 29.8 Å². The van der Waals surface area contributed by atoms with Crippen LogP contribution in [-0.2, 0) is 0 Å². The molecule has 0 aliphatic rings. The first kappa shape index (κ1) is 15.3. The predicted molar refractivity (Wildman–Crippen MR) is 77.4 cm³/mol. The van der Waals surface area contributed by atoms with Crippen LogP contribution in [0.1, 0.15) is 31.4 Å². The van der Waals surface area contributed by atoms with Crippen molar-refractivity contribution in [3.63, 3.8) is 0 Å². The third kappa shape index (κ3) is 5.61. The average Bonchev–Trinajstić information content (AvgIpc) is 2.45. The van der Waals surface area contributed by atoms with Gasteiger partial charge in [0, 0.05) is 6.54 Å². The fourth-order valence-electron chi connectivity index (χ4n) is 1.57. The molecule has 0 aliphatic heterocycles. The number of unbranched alkanes of at least 4 members (excludes halogenated alkanes) is 1. The molecule has 4 N–H and O–H groups in total. The minimum Gasteiger partial charge on any atom is -0.497 e. The number of nitrogens with one attached hydrogen (secondary N) is 1. The van der Waals surface area contributed by atoms with Gasteiger partial charge in [-0.2, -0.15) is 0 Å². The molecule has 1 aromatic carbocycles. The van der Waals surface area contributed by atoms with Gasteiger partial charge in [0.1, 0.15) is 5.75 Å². The zero-order valence-electron chi connectivity index (χ0n) is 11.6. The van der Waals surface area contributed by atoms with Gasteiger partial charge in [-0.25, -0.2) is 0 Å². The van der Waals surface area contributed by atoms with Gasteiger partial charge in [0.25, 0.3) is 0 Å². The number of guanidine groups is 1. The Morgan fingerprint density at radius 2 is 2.11 bits per heavy atom. The van der Waals surface area contributed by atoms with E-state index in [9.17, 15) is 5.11 Å². The lowest BCUT2D eigenvalue weighted by atomic mass is 10.1. The molecule has 0 saturated heterocycles. The van der Waals surface area contributed by atoms with Gasteiger partial charge in [0.05, 0.1) is 19.8 Å². The summed E-state index contributed by atoms with van der Waals surface area (Å²) in [5.74, 6) is 1.14. The van der Waals surface area contributed by atoms with Crippen LogP contribution in [-0.4, -0.2) is 31.3 Å². The number of aliphatic hydroxyl groups excluding tert-OH is 1. The summed E-state index contributed by atoms with van der Waals surface area (Å²) >= 11 is 0. The molecule has 5 heteroatoms. The SMILES string of the molecule is CCCCNC(N)=NCC(O)c1ccc(OC)cc1. The van der Waals surface area contributed by atoms with E-state index in [1.807, 2.05) is 24.3 Å². The highest BCUT2D eigenvalue weighted by atomic mass is 16.5. The first-order valence-corrected chi connectivity index (χ1v) is 6.53. The zero-order chi connectivity index (χ0) is 14.1. The van der Waals surface area contributed by atoms with E-state index in [-0.39, 0.29) is 6.54 Å². The molecule has 0 saturated carbocycles. The number of aliphatic imine (C=N–C) groups is 1. The number of benzene rings is 1. The zero-order valence-corrected chi connectivity index (χ0v) is 11.6. The lowest BCUT2D eigenvalue weighted by molar-refractivity contribution is 0.187. The normalized spacial score (nSPS) is 13.1. The van der Waals surface area contributed by atoms with Crippen LogP contribution >= 0.6 is 0 Å². The predicted octanol–water partition coefficient (Wildman–Crippen LogP) is 1.43. The smallest absolute Gasteiger partial charge is 0.188 e. The molecule has 0 spiro atoms. The second kappa shape index (κ2) is 8.37. The van der Waals surface area contributed by atoms with Crippen LogP contribution in [0.4, 0.5) is 0 Å². The van der Waals surface area contributed by atoms with Crippen molar-refractivity contribution in [1.82, 2.24) is 5.32 Å². The Bertz CT molecular complexity index is 390. The average molecular weight is 265 g/mol. The number of nitrogens with zero attached hydrogens (tertiary/aromatic N) is 1. The fourth-order valence-corrected chi connectivity index (χ4v) is 1.57. The van der Waals surface area contributed by atoms with Gasteiger partial charge in [-0.1, -0.05) is 25.5 Å².